The molecule has 4 aromatic rings. The number of nitrogens with one attached hydrogen (secondary N) is 1. The van der Waals surface area contributed by atoms with Crippen molar-refractivity contribution in [3.8, 4) is 17.4 Å². The van der Waals surface area contributed by atoms with Crippen LogP contribution in [0.15, 0.2) is 97.2 Å². The number of amides is 1. The van der Waals surface area contributed by atoms with Crippen molar-refractivity contribution >= 4 is 5.91 Å². The zero-order valence-corrected chi connectivity index (χ0v) is 17.2. The molecule has 0 aliphatic carbocycles. The van der Waals surface area contributed by atoms with E-state index in [-0.39, 0.29) is 19.1 Å². The minimum absolute atomic E-state index is 0.200. The summed E-state index contributed by atoms with van der Waals surface area (Å²) >= 11 is 0. The van der Waals surface area contributed by atoms with Crippen molar-refractivity contribution < 1.29 is 18.7 Å². The van der Waals surface area contributed by atoms with Crippen LogP contribution in [0.5, 0.6) is 17.4 Å². The van der Waals surface area contributed by atoms with Crippen molar-refractivity contribution in [3.05, 3.63) is 120 Å². The highest BCUT2D eigenvalue weighted by Crippen LogP contribution is 2.23. The molecule has 1 amide bonds. The Morgan fingerprint density at radius 3 is 2.44 bits per heavy atom. The minimum Gasteiger partial charge on any atom is -0.489 e. The molecular formula is C26H21FN2O3. The summed E-state index contributed by atoms with van der Waals surface area (Å²) in [5, 5.41) is 2.90. The number of rotatable bonds is 8. The average Bonchev–Trinajstić information content (AvgIpc) is 2.83. The first kappa shape index (κ1) is 21.1. The fourth-order valence-corrected chi connectivity index (χ4v) is 3.11. The largest absolute Gasteiger partial charge is 0.489 e. The quantitative estimate of drug-likeness (QED) is 0.401. The Labute approximate surface area is 185 Å². The summed E-state index contributed by atoms with van der Waals surface area (Å²) in [6.07, 6.45) is 1.58. The Hall–Kier alpha value is -4.19. The fourth-order valence-electron chi connectivity index (χ4n) is 3.11. The molecular weight excluding hydrogens is 407 g/mol. The molecule has 1 aromatic heterocycles. The van der Waals surface area contributed by atoms with Crippen molar-refractivity contribution in [1.29, 1.82) is 0 Å². The molecule has 0 saturated carbocycles. The molecule has 160 valence electrons. The maximum Gasteiger partial charge on any atom is 0.251 e. The summed E-state index contributed by atoms with van der Waals surface area (Å²) in [4.78, 5) is 17.1. The molecule has 1 N–H and O–H groups in total. The van der Waals surface area contributed by atoms with Gasteiger partial charge in [0.2, 0.25) is 5.88 Å². The van der Waals surface area contributed by atoms with Crippen molar-refractivity contribution in [2.24, 2.45) is 0 Å². The molecule has 4 rings (SSSR count). The van der Waals surface area contributed by atoms with Crippen LogP contribution in [0.1, 0.15) is 21.5 Å². The maximum absolute atomic E-state index is 13.5. The topological polar surface area (TPSA) is 60.5 Å². The van der Waals surface area contributed by atoms with E-state index < -0.39 is 5.82 Å². The number of benzene rings is 3. The van der Waals surface area contributed by atoms with Crippen LogP contribution in [0, 0.1) is 5.82 Å². The van der Waals surface area contributed by atoms with Crippen molar-refractivity contribution in [2.75, 3.05) is 0 Å². The van der Waals surface area contributed by atoms with E-state index in [4.69, 9.17) is 9.47 Å². The number of hydrogen-bond donors (Lipinski definition) is 1. The van der Waals surface area contributed by atoms with Crippen LogP contribution in [0.2, 0.25) is 0 Å². The van der Waals surface area contributed by atoms with E-state index in [0.717, 1.165) is 11.3 Å². The number of carbonyl (C=O) groups is 1. The molecule has 0 atom stereocenters. The highest BCUT2D eigenvalue weighted by atomic mass is 19.1. The summed E-state index contributed by atoms with van der Waals surface area (Å²) in [6.45, 7) is 0.472. The Bertz CT molecular complexity index is 1200. The summed E-state index contributed by atoms with van der Waals surface area (Å²) in [5.41, 5.74) is 1.97. The number of hydrogen-bond acceptors (Lipinski definition) is 4. The second kappa shape index (κ2) is 10.2. The lowest BCUT2D eigenvalue weighted by Crippen LogP contribution is -2.24. The first-order valence-corrected chi connectivity index (χ1v) is 10.1. The molecule has 0 spiro atoms. The van der Waals surface area contributed by atoms with Gasteiger partial charge in [-0.15, -0.1) is 0 Å². The lowest BCUT2D eigenvalue weighted by atomic mass is 10.1. The molecule has 3 aromatic carbocycles. The van der Waals surface area contributed by atoms with Gasteiger partial charge in [-0.3, -0.25) is 4.79 Å². The van der Waals surface area contributed by atoms with Crippen LogP contribution < -0.4 is 14.8 Å². The molecule has 6 heteroatoms. The van der Waals surface area contributed by atoms with Crippen molar-refractivity contribution in [1.82, 2.24) is 10.3 Å². The molecule has 0 aliphatic rings. The number of aromatic nitrogens is 1. The number of nitrogens with zero attached hydrogens (tertiary/aromatic N) is 1. The zero-order chi connectivity index (χ0) is 22.2. The Balaban J connectivity index is 1.43. The van der Waals surface area contributed by atoms with E-state index in [9.17, 15) is 9.18 Å². The standard InChI is InChI=1S/C26H21FN2O3/c27-21-10-6-13-23(16-21)32-26-19(9-7-15-28-26)17-29-25(30)24-14-5-4-8-20(24)18-31-22-11-2-1-3-12-22/h1-16H,17-18H2,(H,29,30). The van der Waals surface area contributed by atoms with Gasteiger partial charge in [0, 0.05) is 35.5 Å². The number of carbonyl (C=O) groups excluding carboxylic acids is 1. The van der Waals surface area contributed by atoms with E-state index >= 15 is 0 Å². The zero-order valence-electron chi connectivity index (χ0n) is 17.2. The van der Waals surface area contributed by atoms with Crippen molar-refractivity contribution in [2.45, 2.75) is 13.2 Å². The Morgan fingerprint density at radius 2 is 1.59 bits per heavy atom. The second-order valence-electron chi connectivity index (χ2n) is 6.97. The van der Waals surface area contributed by atoms with E-state index in [0.29, 0.717) is 22.8 Å². The lowest BCUT2D eigenvalue weighted by molar-refractivity contribution is 0.0948. The monoisotopic (exact) mass is 428 g/mol. The number of para-hydroxylation sites is 1. The normalized spacial score (nSPS) is 10.4. The smallest absolute Gasteiger partial charge is 0.251 e. The van der Waals surface area contributed by atoms with E-state index in [1.54, 1.807) is 36.5 Å². The highest BCUT2D eigenvalue weighted by molar-refractivity contribution is 5.95. The molecule has 0 saturated heterocycles. The Morgan fingerprint density at radius 1 is 0.844 bits per heavy atom. The van der Waals surface area contributed by atoms with Crippen LogP contribution in [0.25, 0.3) is 0 Å². The predicted octanol–water partition coefficient (Wildman–Crippen LogP) is 5.52. The first-order chi connectivity index (χ1) is 15.7. The Kier molecular flexibility index (Phi) is 6.72. The van der Waals surface area contributed by atoms with Gasteiger partial charge in [-0.05, 0) is 36.4 Å². The van der Waals surface area contributed by atoms with Gasteiger partial charge in [-0.2, -0.15) is 0 Å². The molecule has 32 heavy (non-hydrogen) atoms. The molecule has 0 fully saturated rings. The van der Waals surface area contributed by atoms with Crippen LogP contribution >= 0.6 is 0 Å². The third-order valence-electron chi connectivity index (χ3n) is 4.70. The van der Waals surface area contributed by atoms with Gasteiger partial charge in [0.05, 0.1) is 0 Å². The molecule has 5 nitrogen and oxygen atoms in total. The predicted molar refractivity (Wildman–Crippen MR) is 119 cm³/mol. The third kappa shape index (κ3) is 5.49. The van der Waals surface area contributed by atoms with Gasteiger partial charge in [-0.1, -0.05) is 48.5 Å². The van der Waals surface area contributed by atoms with Crippen LogP contribution in [-0.2, 0) is 13.2 Å². The van der Waals surface area contributed by atoms with Gasteiger partial charge in [-0.25, -0.2) is 9.37 Å². The molecule has 0 radical (unpaired) electrons. The lowest BCUT2D eigenvalue weighted by Gasteiger charge is -2.13. The second-order valence-corrected chi connectivity index (χ2v) is 6.97. The van der Waals surface area contributed by atoms with Crippen LogP contribution in [0.4, 0.5) is 4.39 Å². The highest BCUT2D eigenvalue weighted by Gasteiger charge is 2.13. The number of ether oxygens (including phenoxy) is 2. The first-order valence-electron chi connectivity index (χ1n) is 10.1. The molecule has 0 aliphatic heterocycles. The fraction of sp³-hybridized carbons (Fsp3) is 0.0769. The summed E-state index contributed by atoms with van der Waals surface area (Å²) in [5.74, 6) is 0.733. The van der Waals surface area contributed by atoms with Gasteiger partial charge in [0.15, 0.2) is 0 Å². The van der Waals surface area contributed by atoms with E-state index in [2.05, 4.69) is 10.3 Å². The van der Waals surface area contributed by atoms with Crippen molar-refractivity contribution in [3.63, 3.8) is 0 Å². The molecule has 1 heterocycles. The summed E-state index contributed by atoms with van der Waals surface area (Å²) in [7, 11) is 0. The summed E-state index contributed by atoms with van der Waals surface area (Å²) in [6, 6.07) is 26.1. The van der Waals surface area contributed by atoms with E-state index in [1.807, 2.05) is 48.5 Å². The van der Waals surface area contributed by atoms with Gasteiger partial charge in [0.1, 0.15) is 23.9 Å². The maximum atomic E-state index is 13.5. The van der Waals surface area contributed by atoms with Crippen LogP contribution in [-0.4, -0.2) is 10.9 Å². The van der Waals surface area contributed by atoms with Gasteiger partial charge >= 0.3 is 0 Å². The molecule has 0 bridgehead atoms. The van der Waals surface area contributed by atoms with Crippen LogP contribution in [0.3, 0.4) is 0 Å². The SMILES string of the molecule is O=C(NCc1cccnc1Oc1cccc(F)c1)c1ccccc1COc1ccccc1. The number of halogens is 1. The average molecular weight is 428 g/mol. The molecule has 0 unspecified atom stereocenters. The van der Waals surface area contributed by atoms with E-state index in [1.165, 1.54) is 12.1 Å². The van der Waals surface area contributed by atoms with Gasteiger partial charge < -0.3 is 14.8 Å². The minimum atomic E-state index is -0.400. The third-order valence-corrected chi connectivity index (χ3v) is 4.70. The van der Waals surface area contributed by atoms with Gasteiger partial charge in [0.25, 0.3) is 5.91 Å². The summed E-state index contributed by atoms with van der Waals surface area (Å²) < 4.78 is 25.0. The number of pyridine rings is 1.